The highest BCUT2D eigenvalue weighted by Gasteiger charge is 2.34. The molecule has 2 N–H and O–H groups in total. The van der Waals surface area contributed by atoms with E-state index in [0.29, 0.717) is 37.9 Å². The standard InChI is InChI=1S/C29H34F6N4O4S/c1-38-12-14-39(15-13-38)11-3-6-25(40)24-18-22(9-10-26(24)43-29(33,34)35)41-21-8-7-20(16-21)37-27(44)36-19-4-2-5-23(17-19)42-28(30,31)32/h2,4-5,9-10,17-18,20-21H,3,6-8,11-16H2,1H3,(H2,36,37,44). The summed E-state index contributed by atoms with van der Waals surface area (Å²) in [5.41, 5.74) is 0.116. The van der Waals surface area contributed by atoms with E-state index in [1.54, 1.807) is 0 Å². The molecule has 2 aromatic rings. The van der Waals surface area contributed by atoms with Crippen molar-refractivity contribution in [2.75, 3.05) is 45.1 Å². The van der Waals surface area contributed by atoms with Crippen molar-refractivity contribution in [2.45, 2.75) is 57.0 Å². The topological polar surface area (TPSA) is 75.3 Å². The number of anilines is 1. The zero-order chi connectivity index (χ0) is 31.9. The van der Waals surface area contributed by atoms with Gasteiger partial charge in [-0.15, -0.1) is 26.3 Å². The van der Waals surface area contributed by atoms with Crippen LogP contribution in [-0.2, 0) is 0 Å². The van der Waals surface area contributed by atoms with Crippen LogP contribution in [0.5, 0.6) is 17.2 Å². The average molecular weight is 649 g/mol. The molecule has 1 heterocycles. The first-order chi connectivity index (χ1) is 20.7. The minimum Gasteiger partial charge on any atom is -0.490 e. The lowest BCUT2D eigenvalue weighted by molar-refractivity contribution is -0.275. The highest BCUT2D eigenvalue weighted by Crippen LogP contribution is 2.33. The summed E-state index contributed by atoms with van der Waals surface area (Å²) in [6.45, 7) is 4.26. The van der Waals surface area contributed by atoms with Crippen LogP contribution in [0.3, 0.4) is 0 Å². The smallest absolute Gasteiger partial charge is 0.490 e. The molecule has 1 saturated heterocycles. The van der Waals surface area contributed by atoms with Crippen molar-refractivity contribution in [1.29, 1.82) is 0 Å². The zero-order valence-electron chi connectivity index (χ0n) is 24.0. The minimum absolute atomic E-state index is 0.0646. The van der Waals surface area contributed by atoms with Gasteiger partial charge < -0.3 is 34.6 Å². The number of carbonyl (C=O) groups excluding carboxylic acids is 1. The number of piperazine rings is 1. The fourth-order valence-corrected chi connectivity index (χ4v) is 5.46. The molecule has 44 heavy (non-hydrogen) atoms. The largest absolute Gasteiger partial charge is 0.573 e. The Morgan fingerprint density at radius 3 is 2.39 bits per heavy atom. The van der Waals surface area contributed by atoms with Crippen LogP contribution in [0.1, 0.15) is 42.5 Å². The number of hydrogen-bond donors (Lipinski definition) is 2. The number of hydrogen-bond acceptors (Lipinski definition) is 7. The second-order valence-corrected chi connectivity index (χ2v) is 11.2. The number of ketones is 1. The fourth-order valence-electron chi connectivity index (χ4n) is 5.18. The van der Waals surface area contributed by atoms with Gasteiger partial charge in [0.1, 0.15) is 23.4 Å². The maximum atomic E-state index is 13.1. The van der Waals surface area contributed by atoms with E-state index in [2.05, 4.69) is 29.9 Å². The number of Topliss-reactive ketones (excluding diaryl/α,β-unsaturated/α-hetero) is 1. The summed E-state index contributed by atoms with van der Waals surface area (Å²) in [5.74, 6) is -1.17. The summed E-state index contributed by atoms with van der Waals surface area (Å²) in [7, 11) is 2.04. The number of rotatable bonds is 11. The van der Waals surface area contributed by atoms with Gasteiger partial charge in [0.05, 0.1) is 5.56 Å². The molecule has 2 unspecified atom stereocenters. The van der Waals surface area contributed by atoms with E-state index in [-0.39, 0.29) is 40.7 Å². The molecule has 2 fully saturated rings. The quantitative estimate of drug-likeness (QED) is 0.174. The number of halogens is 6. The molecule has 1 saturated carbocycles. The molecule has 2 aromatic carbocycles. The number of carbonyl (C=O) groups is 1. The summed E-state index contributed by atoms with van der Waals surface area (Å²) < 4.78 is 90.8. The maximum absolute atomic E-state index is 13.1. The first-order valence-corrected chi connectivity index (χ1v) is 14.6. The molecule has 4 rings (SSSR count). The van der Waals surface area contributed by atoms with Gasteiger partial charge in [-0.1, -0.05) is 6.07 Å². The Bertz CT molecular complexity index is 1290. The first-order valence-electron chi connectivity index (χ1n) is 14.2. The number of likely N-dealkylation sites (N-methyl/N-ethyl adjacent to an activating group) is 1. The number of nitrogens with one attached hydrogen (secondary N) is 2. The maximum Gasteiger partial charge on any atom is 0.573 e. The molecule has 1 aliphatic carbocycles. The number of nitrogens with zero attached hydrogens (tertiary/aromatic N) is 2. The molecule has 0 spiro atoms. The number of alkyl halides is 6. The normalized spacial score (nSPS) is 19.8. The van der Waals surface area contributed by atoms with E-state index < -0.39 is 24.3 Å². The van der Waals surface area contributed by atoms with Crippen molar-refractivity contribution < 1.29 is 45.3 Å². The molecule has 242 valence electrons. The van der Waals surface area contributed by atoms with Gasteiger partial charge in [-0.05, 0) is 75.4 Å². The van der Waals surface area contributed by atoms with Crippen molar-refractivity contribution >= 4 is 28.8 Å². The molecule has 2 atom stereocenters. The SMILES string of the molecule is CN1CCN(CCCC(=O)c2cc(OC3CCC(NC(=S)Nc4cccc(OC(F)(F)F)c4)C3)ccc2OC(F)(F)F)CC1. The molecule has 15 heteroatoms. The number of ether oxygens (including phenoxy) is 3. The molecule has 8 nitrogen and oxygen atoms in total. The van der Waals surface area contributed by atoms with Crippen molar-refractivity contribution in [2.24, 2.45) is 0 Å². The molecular weight excluding hydrogens is 614 g/mol. The Morgan fingerprint density at radius 1 is 0.955 bits per heavy atom. The molecule has 0 bridgehead atoms. The first kappa shape index (κ1) is 33.6. The third kappa shape index (κ3) is 11.0. The van der Waals surface area contributed by atoms with Crippen molar-refractivity contribution in [3.05, 3.63) is 48.0 Å². The van der Waals surface area contributed by atoms with Crippen LogP contribution in [0.25, 0.3) is 0 Å². The molecule has 0 aromatic heterocycles. The average Bonchev–Trinajstić information content (AvgIpc) is 3.35. The molecular formula is C29H34F6N4O4S. The molecule has 2 aliphatic rings. The van der Waals surface area contributed by atoms with Crippen molar-refractivity contribution in [3.8, 4) is 17.2 Å². The summed E-state index contributed by atoms with van der Waals surface area (Å²) in [5, 5.41) is 6.12. The summed E-state index contributed by atoms with van der Waals surface area (Å²) in [6.07, 6.45) is -7.78. The summed E-state index contributed by atoms with van der Waals surface area (Å²) in [4.78, 5) is 17.5. The van der Waals surface area contributed by atoms with Gasteiger partial charge in [-0.25, -0.2) is 0 Å². The van der Waals surface area contributed by atoms with Gasteiger partial charge in [-0.2, -0.15) is 0 Å². The second-order valence-electron chi connectivity index (χ2n) is 10.8. The zero-order valence-corrected chi connectivity index (χ0v) is 24.8. The Balaban J connectivity index is 1.31. The highest BCUT2D eigenvalue weighted by molar-refractivity contribution is 7.80. The van der Waals surface area contributed by atoms with E-state index >= 15 is 0 Å². The van der Waals surface area contributed by atoms with E-state index in [0.717, 1.165) is 32.2 Å². The monoisotopic (exact) mass is 648 g/mol. The van der Waals surface area contributed by atoms with Crippen molar-refractivity contribution in [3.63, 3.8) is 0 Å². The Morgan fingerprint density at radius 2 is 1.68 bits per heavy atom. The molecule has 0 amide bonds. The number of benzene rings is 2. The lowest BCUT2D eigenvalue weighted by Gasteiger charge is -2.32. The summed E-state index contributed by atoms with van der Waals surface area (Å²) >= 11 is 5.30. The van der Waals surface area contributed by atoms with Crippen LogP contribution < -0.4 is 24.8 Å². The lowest BCUT2D eigenvalue weighted by atomic mass is 10.0. The Kier molecular flexibility index (Phi) is 11.2. The minimum atomic E-state index is -4.96. The van der Waals surface area contributed by atoms with Crippen molar-refractivity contribution in [1.82, 2.24) is 15.1 Å². The van der Waals surface area contributed by atoms with Crippen LogP contribution in [-0.4, -0.2) is 85.3 Å². The van der Waals surface area contributed by atoms with E-state index in [1.165, 1.54) is 36.4 Å². The van der Waals surface area contributed by atoms with Crippen LogP contribution >= 0.6 is 12.2 Å². The van der Waals surface area contributed by atoms with Crippen LogP contribution in [0.4, 0.5) is 32.0 Å². The van der Waals surface area contributed by atoms with Crippen LogP contribution in [0.2, 0.25) is 0 Å². The third-order valence-electron chi connectivity index (χ3n) is 7.30. The van der Waals surface area contributed by atoms with E-state index in [9.17, 15) is 31.1 Å². The van der Waals surface area contributed by atoms with E-state index in [4.69, 9.17) is 17.0 Å². The van der Waals surface area contributed by atoms with Gasteiger partial charge >= 0.3 is 12.7 Å². The lowest BCUT2D eigenvalue weighted by Crippen LogP contribution is -2.44. The molecule has 1 aliphatic heterocycles. The highest BCUT2D eigenvalue weighted by atomic mass is 32.1. The third-order valence-corrected chi connectivity index (χ3v) is 7.52. The fraction of sp³-hybridized carbons (Fsp3) is 0.517. The van der Waals surface area contributed by atoms with Gasteiger partial charge in [0, 0.05) is 56.8 Å². The van der Waals surface area contributed by atoms with E-state index in [1.807, 2.05) is 7.05 Å². The van der Waals surface area contributed by atoms with Gasteiger partial charge in [0.15, 0.2) is 10.9 Å². The van der Waals surface area contributed by atoms with Gasteiger partial charge in [-0.3, -0.25) is 4.79 Å². The Labute approximate surface area is 256 Å². The predicted octanol–water partition coefficient (Wildman–Crippen LogP) is 5.98. The van der Waals surface area contributed by atoms with Gasteiger partial charge in [0.2, 0.25) is 0 Å². The van der Waals surface area contributed by atoms with Crippen LogP contribution in [0, 0.1) is 0 Å². The second kappa shape index (κ2) is 14.7. The van der Waals surface area contributed by atoms with Gasteiger partial charge in [0.25, 0.3) is 0 Å². The van der Waals surface area contributed by atoms with Crippen LogP contribution in [0.15, 0.2) is 42.5 Å². The molecule has 0 radical (unpaired) electrons. The summed E-state index contributed by atoms with van der Waals surface area (Å²) in [6, 6.07) is 8.86. The Hall–Kier alpha value is -3.30. The number of thiocarbonyl (C=S) groups is 1. The predicted molar refractivity (Wildman–Crippen MR) is 155 cm³/mol.